The van der Waals surface area contributed by atoms with Crippen molar-refractivity contribution in [3.05, 3.63) is 35.7 Å². The molecular formula is C18H19N6O. The zero-order chi connectivity index (χ0) is 17.4. The third kappa shape index (κ3) is 3.05. The van der Waals surface area contributed by atoms with Crippen molar-refractivity contribution in [2.45, 2.75) is 38.6 Å². The highest BCUT2D eigenvalue weighted by Crippen LogP contribution is 2.24. The van der Waals surface area contributed by atoms with Crippen molar-refractivity contribution >= 4 is 22.8 Å². The molecule has 0 saturated heterocycles. The van der Waals surface area contributed by atoms with Crippen molar-refractivity contribution < 1.29 is 4.79 Å². The zero-order valence-electron chi connectivity index (χ0n) is 14.0. The molecule has 3 N–H and O–H groups in total. The van der Waals surface area contributed by atoms with Gasteiger partial charge in [-0.3, -0.25) is 10.5 Å². The molecule has 1 fully saturated rings. The molecule has 3 aromatic rings. The van der Waals surface area contributed by atoms with Gasteiger partial charge in [0.05, 0.1) is 17.2 Å². The number of imidazole rings is 1. The van der Waals surface area contributed by atoms with E-state index in [2.05, 4.69) is 25.3 Å². The van der Waals surface area contributed by atoms with E-state index in [1.165, 1.54) is 6.20 Å². The van der Waals surface area contributed by atoms with E-state index in [1.54, 1.807) is 0 Å². The van der Waals surface area contributed by atoms with Crippen molar-refractivity contribution in [1.29, 1.82) is 0 Å². The topological polar surface area (TPSA) is 107 Å². The van der Waals surface area contributed by atoms with Crippen LogP contribution in [0.4, 0.5) is 5.82 Å². The molecule has 7 heteroatoms. The van der Waals surface area contributed by atoms with Crippen LogP contribution >= 0.6 is 0 Å². The number of carbonyl (C=O) groups is 1. The molecule has 2 heterocycles. The fourth-order valence-electron chi connectivity index (χ4n) is 3.23. The predicted octanol–water partition coefficient (Wildman–Crippen LogP) is 2.92. The van der Waals surface area contributed by atoms with Crippen molar-refractivity contribution in [2.75, 3.05) is 0 Å². The summed E-state index contributed by atoms with van der Waals surface area (Å²) in [5, 5.41) is 2.99. The molecule has 1 saturated carbocycles. The molecule has 7 nitrogen and oxygen atoms in total. The normalized spacial score (nSPS) is 14.9. The smallest absolute Gasteiger partial charge is 0.271 e. The third-order valence-corrected chi connectivity index (χ3v) is 4.56. The molecule has 127 valence electrons. The predicted molar refractivity (Wildman–Crippen MR) is 94.3 cm³/mol. The zero-order valence-corrected chi connectivity index (χ0v) is 14.0. The molecule has 0 bridgehead atoms. The van der Waals surface area contributed by atoms with Gasteiger partial charge in [0.2, 0.25) is 0 Å². The Morgan fingerprint density at radius 1 is 1.28 bits per heavy atom. The van der Waals surface area contributed by atoms with Crippen LogP contribution < -0.4 is 11.1 Å². The van der Waals surface area contributed by atoms with Gasteiger partial charge in [-0.25, -0.2) is 15.0 Å². The van der Waals surface area contributed by atoms with Gasteiger partial charge in [-0.2, -0.15) is 0 Å². The lowest BCUT2D eigenvalue weighted by molar-refractivity contribution is 0.0932. The summed E-state index contributed by atoms with van der Waals surface area (Å²) < 4.78 is 0. The van der Waals surface area contributed by atoms with Crippen LogP contribution in [0.25, 0.3) is 22.6 Å². The van der Waals surface area contributed by atoms with E-state index in [4.69, 9.17) is 5.73 Å². The highest BCUT2D eigenvalue weighted by Gasteiger charge is 2.21. The molecule has 4 rings (SSSR count). The summed E-state index contributed by atoms with van der Waals surface area (Å²) in [6, 6.07) is 6.09. The first-order valence-electron chi connectivity index (χ1n) is 8.46. The first kappa shape index (κ1) is 15.6. The van der Waals surface area contributed by atoms with E-state index in [0.717, 1.165) is 42.3 Å². The molecule has 0 atom stereocenters. The van der Waals surface area contributed by atoms with E-state index in [9.17, 15) is 4.79 Å². The average molecular weight is 335 g/mol. The summed E-state index contributed by atoms with van der Waals surface area (Å²) in [5.74, 6) is 0.203. The summed E-state index contributed by atoms with van der Waals surface area (Å²) in [5.41, 5.74) is 11.3. The fourth-order valence-corrected chi connectivity index (χ4v) is 3.23. The Balaban J connectivity index is 1.67. The number of aromatic nitrogens is 4. The Kier molecular flexibility index (Phi) is 3.83. The summed E-state index contributed by atoms with van der Waals surface area (Å²) in [7, 11) is 0. The molecule has 25 heavy (non-hydrogen) atoms. The Bertz CT molecular complexity index is 942. The molecule has 2 aromatic heterocycles. The number of nitrogens with zero attached hydrogens (tertiary/aromatic N) is 3. The van der Waals surface area contributed by atoms with Gasteiger partial charge in [0.25, 0.3) is 5.91 Å². The molecule has 1 amide bonds. The first-order valence-corrected chi connectivity index (χ1v) is 8.46. The van der Waals surface area contributed by atoms with E-state index < -0.39 is 0 Å². The molecular weight excluding hydrogens is 316 g/mol. The Labute approximate surface area is 145 Å². The molecule has 1 aliphatic carbocycles. The van der Waals surface area contributed by atoms with Crippen molar-refractivity contribution in [3.8, 4) is 11.5 Å². The molecule has 1 aliphatic rings. The molecule has 0 spiro atoms. The minimum atomic E-state index is -0.243. The van der Waals surface area contributed by atoms with Gasteiger partial charge >= 0.3 is 0 Å². The molecule has 1 aromatic carbocycles. The average Bonchev–Trinajstić information content (AvgIpc) is 3.24. The second-order valence-electron chi connectivity index (χ2n) is 6.51. The quantitative estimate of drug-likeness (QED) is 0.767. The number of carbonyl (C=O) groups excluding carboxylic acids is 1. The summed E-state index contributed by atoms with van der Waals surface area (Å²) in [6.07, 6.45) is 5.65. The highest BCUT2D eigenvalue weighted by atomic mass is 16.1. The van der Waals surface area contributed by atoms with Crippen molar-refractivity contribution in [2.24, 2.45) is 0 Å². The van der Waals surface area contributed by atoms with Crippen LogP contribution in [0.15, 0.2) is 24.4 Å². The highest BCUT2D eigenvalue weighted by molar-refractivity contribution is 5.93. The monoisotopic (exact) mass is 335 g/mol. The largest absolute Gasteiger partial charge is 0.348 e. The minimum absolute atomic E-state index is 0.00630. The van der Waals surface area contributed by atoms with Gasteiger partial charge in [0.15, 0.2) is 17.3 Å². The number of amides is 1. The number of aryl methyl sites for hydroxylation is 1. The van der Waals surface area contributed by atoms with Gasteiger partial charge in [-0.15, -0.1) is 0 Å². The number of benzene rings is 1. The van der Waals surface area contributed by atoms with Gasteiger partial charge in [-0.1, -0.05) is 18.9 Å². The number of hydrogen-bond acceptors (Lipinski definition) is 4. The van der Waals surface area contributed by atoms with Gasteiger partial charge in [-0.05, 0) is 37.5 Å². The third-order valence-electron chi connectivity index (χ3n) is 4.56. The maximum atomic E-state index is 12.4. The second-order valence-corrected chi connectivity index (χ2v) is 6.51. The standard InChI is InChI=1S/C18H19N6O/c1-10-6-7-12-13(8-10)24-17(23-12)15-16(19)20-9-14(22-15)18(25)21-11-4-2-3-5-11/h6-9,11,19H,2-5H2,1H3,(H,21,25)(H,23,24). The van der Waals surface area contributed by atoms with Crippen LogP contribution in [0.1, 0.15) is 41.7 Å². The number of rotatable bonds is 3. The molecule has 1 radical (unpaired) electrons. The lowest BCUT2D eigenvalue weighted by Gasteiger charge is -2.11. The van der Waals surface area contributed by atoms with E-state index >= 15 is 0 Å². The van der Waals surface area contributed by atoms with Gasteiger partial charge in [0.1, 0.15) is 5.69 Å². The number of nitrogens with one attached hydrogen (secondary N) is 3. The lowest BCUT2D eigenvalue weighted by atomic mass is 10.2. The maximum Gasteiger partial charge on any atom is 0.271 e. The fraction of sp³-hybridized carbons (Fsp3) is 0.333. The lowest BCUT2D eigenvalue weighted by Crippen LogP contribution is -2.33. The van der Waals surface area contributed by atoms with Crippen LogP contribution in [0.2, 0.25) is 0 Å². The van der Waals surface area contributed by atoms with Gasteiger partial charge < -0.3 is 10.3 Å². The SMILES string of the molecule is Cc1ccc2nc(-c3nc(C(=O)NC4CCCC4)cnc3[NH])[nH]c2c1. The number of hydrogen-bond donors (Lipinski definition) is 2. The number of H-pyrrole nitrogens is 1. The van der Waals surface area contributed by atoms with Gasteiger partial charge in [0, 0.05) is 6.04 Å². The van der Waals surface area contributed by atoms with E-state index in [1.807, 2.05) is 25.1 Å². The van der Waals surface area contributed by atoms with Crippen molar-refractivity contribution in [3.63, 3.8) is 0 Å². The van der Waals surface area contributed by atoms with Crippen LogP contribution in [-0.2, 0) is 0 Å². The Hall–Kier alpha value is -2.96. The summed E-state index contributed by atoms with van der Waals surface area (Å²) in [4.78, 5) is 28.4. The summed E-state index contributed by atoms with van der Waals surface area (Å²) in [6.45, 7) is 2.00. The molecule has 0 unspecified atom stereocenters. The van der Waals surface area contributed by atoms with Crippen molar-refractivity contribution in [1.82, 2.24) is 31.0 Å². The molecule has 0 aliphatic heterocycles. The second kappa shape index (κ2) is 6.16. The van der Waals surface area contributed by atoms with Crippen LogP contribution in [0, 0.1) is 6.92 Å². The summed E-state index contributed by atoms with van der Waals surface area (Å²) >= 11 is 0. The number of aromatic amines is 1. The Morgan fingerprint density at radius 2 is 2.08 bits per heavy atom. The van der Waals surface area contributed by atoms with Crippen LogP contribution in [0.5, 0.6) is 0 Å². The Morgan fingerprint density at radius 3 is 2.88 bits per heavy atom. The minimum Gasteiger partial charge on any atom is -0.348 e. The van der Waals surface area contributed by atoms with E-state index in [-0.39, 0.29) is 29.2 Å². The maximum absolute atomic E-state index is 12.4. The van der Waals surface area contributed by atoms with E-state index in [0.29, 0.717) is 5.82 Å². The number of fused-ring (bicyclic) bond motifs is 1. The van der Waals surface area contributed by atoms with Crippen LogP contribution in [-0.4, -0.2) is 31.9 Å². The van der Waals surface area contributed by atoms with Crippen LogP contribution in [0.3, 0.4) is 0 Å². The first-order chi connectivity index (χ1) is 12.1.